The van der Waals surface area contributed by atoms with E-state index in [4.69, 9.17) is 14.2 Å². The quantitative estimate of drug-likeness (QED) is 0.783. The highest BCUT2D eigenvalue weighted by molar-refractivity contribution is 5.79. The summed E-state index contributed by atoms with van der Waals surface area (Å²) in [6, 6.07) is 0.0396. The van der Waals surface area contributed by atoms with Gasteiger partial charge in [0.1, 0.15) is 6.61 Å². The van der Waals surface area contributed by atoms with Crippen LogP contribution in [0.5, 0.6) is 0 Å². The summed E-state index contributed by atoms with van der Waals surface area (Å²) in [5.74, 6) is -0.00384. The minimum absolute atomic E-state index is 0.00384. The van der Waals surface area contributed by atoms with Gasteiger partial charge in [-0.05, 0) is 25.7 Å². The van der Waals surface area contributed by atoms with Gasteiger partial charge in [0.25, 0.3) is 0 Å². The van der Waals surface area contributed by atoms with Crippen LogP contribution < -0.4 is 5.32 Å². The minimum atomic E-state index is -0.223. The van der Waals surface area contributed by atoms with E-state index in [1.54, 1.807) is 0 Å². The van der Waals surface area contributed by atoms with Gasteiger partial charge in [-0.2, -0.15) is 0 Å². The molecule has 3 rings (SSSR count). The first kappa shape index (κ1) is 18.4. The first-order chi connectivity index (χ1) is 12.1. The molecule has 25 heavy (non-hydrogen) atoms. The van der Waals surface area contributed by atoms with Crippen LogP contribution in [-0.2, 0) is 19.0 Å². The van der Waals surface area contributed by atoms with E-state index in [1.165, 1.54) is 7.11 Å². The van der Waals surface area contributed by atoms with Crippen LogP contribution in [0.15, 0.2) is 0 Å². The Labute approximate surface area is 148 Å². The lowest BCUT2D eigenvalue weighted by Crippen LogP contribution is -2.55. The van der Waals surface area contributed by atoms with Gasteiger partial charge in [-0.3, -0.25) is 4.79 Å². The van der Waals surface area contributed by atoms with Crippen molar-refractivity contribution in [2.45, 2.75) is 37.3 Å². The fraction of sp³-hybridized carbons (Fsp3) is 0.882. The molecule has 0 aliphatic carbocycles. The van der Waals surface area contributed by atoms with Crippen molar-refractivity contribution in [1.82, 2.24) is 15.1 Å². The van der Waals surface area contributed by atoms with E-state index in [0.717, 1.165) is 25.7 Å². The highest BCUT2D eigenvalue weighted by Crippen LogP contribution is 2.33. The molecule has 0 aromatic carbocycles. The van der Waals surface area contributed by atoms with E-state index in [1.807, 2.05) is 9.80 Å². The Bertz CT molecular complexity index is 475. The molecule has 1 unspecified atom stereocenters. The van der Waals surface area contributed by atoms with E-state index >= 15 is 0 Å². The lowest BCUT2D eigenvalue weighted by Gasteiger charge is -2.45. The molecule has 0 radical (unpaired) electrons. The standard InChI is InChI=1S/C17H29N3O5/c1-23-13-15(21)20-8-7-19(16(22)18-14-2-9-25-12-14)6-3-17(20)4-10-24-11-5-17/h14H,2-13H2,1H3,(H,18,22). The number of carbonyl (C=O) groups excluding carboxylic acids is 2. The molecule has 0 aromatic heterocycles. The van der Waals surface area contributed by atoms with Crippen molar-refractivity contribution in [2.75, 3.05) is 59.8 Å². The zero-order valence-electron chi connectivity index (χ0n) is 15.0. The predicted octanol–water partition coefficient (Wildman–Crippen LogP) is 0.215. The zero-order valence-corrected chi connectivity index (χ0v) is 15.0. The Morgan fingerprint density at radius 2 is 1.92 bits per heavy atom. The van der Waals surface area contributed by atoms with E-state index in [0.29, 0.717) is 46.1 Å². The van der Waals surface area contributed by atoms with Gasteiger partial charge in [0.2, 0.25) is 5.91 Å². The predicted molar refractivity (Wildman–Crippen MR) is 90.3 cm³/mol. The number of hydrogen-bond acceptors (Lipinski definition) is 5. The Kier molecular flexibility index (Phi) is 6.14. The highest BCUT2D eigenvalue weighted by Gasteiger charge is 2.43. The number of carbonyl (C=O) groups is 2. The molecule has 3 fully saturated rings. The second-order valence-electron chi connectivity index (χ2n) is 7.06. The third-order valence-electron chi connectivity index (χ3n) is 5.55. The van der Waals surface area contributed by atoms with Gasteiger partial charge < -0.3 is 29.3 Å². The molecule has 1 spiro atoms. The van der Waals surface area contributed by atoms with Crippen molar-refractivity contribution in [3.8, 4) is 0 Å². The van der Waals surface area contributed by atoms with Crippen molar-refractivity contribution in [3.05, 3.63) is 0 Å². The monoisotopic (exact) mass is 355 g/mol. The maximum Gasteiger partial charge on any atom is 0.317 e. The Hall–Kier alpha value is -1.38. The summed E-state index contributed by atoms with van der Waals surface area (Å²) in [5, 5.41) is 3.05. The maximum atomic E-state index is 12.6. The van der Waals surface area contributed by atoms with Gasteiger partial charge in [0.05, 0.1) is 12.6 Å². The van der Waals surface area contributed by atoms with Crippen LogP contribution in [0.1, 0.15) is 25.7 Å². The number of methoxy groups -OCH3 is 1. The second kappa shape index (κ2) is 8.33. The lowest BCUT2D eigenvalue weighted by atomic mass is 9.84. The average molecular weight is 355 g/mol. The SMILES string of the molecule is COCC(=O)N1CCN(C(=O)NC2CCOC2)CCC12CCOCC2. The lowest BCUT2D eigenvalue weighted by molar-refractivity contribution is -0.145. The molecule has 8 nitrogen and oxygen atoms in total. The zero-order chi connectivity index (χ0) is 17.7. The third-order valence-corrected chi connectivity index (χ3v) is 5.55. The van der Waals surface area contributed by atoms with Crippen molar-refractivity contribution in [3.63, 3.8) is 0 Å². The van der Waals surface area contributed by atoms with Crippen LogP contribution in [0.4, 0.5) is 4.79 Å². The molecule has 3 aliphatic rings. The molecular weight excluding hydrogens is 326 g/mol. The summed E-state index contributed by atoms with van der Waals surface area (Å²) < 4.78 is 15.9. The van der Waals surface area contributed by atoms with Gasteiger partial charge in [-0.25, -0.2) is 4.79 Å². The molecule has 0 bridgehead atoms. The van der Waals surface area contributed by atoms with Crippen LogP contribution in [-0.4, -0.2) is 93.1 Å². The molecule has 0 saturated carbocycles. The number of nitrogens with one attached hydrogen (secondary N) is 1. The van der Waals surface area contributed by atoms with Crippen molar-refractivity contribution in [2.24, 2.45) is 0 Å². The van der Waals surface area contributed by atoms with Crippen molar-refractivity contribution in [1.29, 1.82) is 0 Å². The summed E-state index contributed by atoms with van der Waals surface area (Å²) in [6.45, 7) is 4.40. The van der Waals surface area contributed by atoms with Gasteiger partial charge in [-0.1, -0.05) is 0 Å². The van der Waals surface area contributed by atoms with Gasteiger partial charge >= 0.3 is 6.03 Å². The highest BCUT2D eigenvalue weighted by atomic mass is 16.5. The summed E-state index contributed by atoms with van der Waals surface area (Å²) in [5.41, 5.74) is -0.223. The first-order valence-corrected chi connectivity index (χ1v) is 9.15. The fourth-order valence-corrected chi connectivity index (χ4v) is 4.03. The van der Waals surface area contributed by atoms with Crippen molar-refractivity contribution >= 4 is 11.9 Å². The molecule has 3 amide bonds. The van der Waals surface area contributed by atoms with Crippen LogP contribution in [0.3, 0.4) is 0 Å². The molecule has 3 heterocycles. The van der Waals surface area contributed by atoms with E-state index < -0.39 is 0 Å². The summed E-state index contributed by atoms with van der Waals surface area (Å²) in [6.07, 6.45) is 3.27. The van der Waals surface area contributed by atoms with E-state index in [2.05, 4.69) is 5.32 Å². The van der Waals surface area contributed by atoms with Gasteiger partial charge in [0.15, 0.2) is 0 Å². The number of hydrogen-bond donors (Lipinski definition) is 1. The minimum Gasteiger partial charge on any atom is -0.381 e. The maximum absolute atomic E-state index is 12.6. The number of amides is 3. The Morgan fingerprint density at radius 3 is 2.60 bits per heavy atom. The number of urea groups is 1. The summed E-state index contributed by atoms with van der Waals surface area (Å²) >= 11 is 0. The van der Waals surface area contributed by atoms with Crippen LogP contribution in [0.2, 0.25) is 0 Å². The number of rotatable bonds is 3. The van der Waals surface area contributed by atoms with Gasteiger partial charge in [0, 0.05) is 52.1 Å². The number of ether oxygens (including phenoxy) is 3. The fourth-order valence-electron chi connectivity index (χ4n) is 4.03. The van der Waals surface area contributed by atoms with Crippen LogP contribution in [0.25, 0.3) is 0 Å². The molecule has 3 aliphatic heterocycles. The Balaban J connectivity index is 1.67. The summed E-state index contributed by atoms with van der Waals surface area (Å²) in [4.78, 5) is 29.0. The molecule has 3 saturated heterocycles. The largest absolute Gasteiger partial charge is 0.381 e. The third kappa shape index (κ3) is 4.24. The van der Waals surface area contributed by atoms with Crippen LogP contribution in [0, 0.1) is 0 Å². The molecule has 0 aromatic rings. The topological polar surface area (TPSA) is 80.3 Å². The number of nitrogens with zero attached hydrogens (tertiary/aromatic N) is 2. The van der Waals surface area contributed by atoms with Crippen molar-refractivity contribution < 1.29 is 23.8 Å². The van der Waals surface area contributed by atoms with Crippen LogP contribution >= 0.6 is 0 Å². The first-order valence-electron chi connectivity index (χ1n) is 9.15. The summed E-state index contributed by atoms with van der Waals surface area (Å²) in [7, 11) is 1.54. The molecule has 142 valence electrons. The normalized spacial score (nSPS) is 26.5. The Morgan fingerprint density at radius 1 is 1.12 bits per heavy atom. The smallest absolute Gasteiger partial charge is 0.317 e. The van der Waals surface area contributed by atoms with E-state index in [9.17, 15) is 9.59 Å². The van der Waals surface area contributed by atoms with Gasteiger partial charge in [-0.15, -0.1) is 0 Å². The molecule has 1 N–H and O–H groups in total. The van der Waals surface area contributed by atoms with E-state index in [-0.39, 0.29) is 30.1 Å². The average Bonchev–Trinajstić information content (AvgIpc) is 3.04. The second-order valence-corrected chi connectivity index (χ2v) is 7.06. The molecule has 1 atom stereocenters. The molecular formula is C17H29N3O5. The molecule has 8 heteroatoms.